The number of sulfonamides is 1. The zero-order valence-corrected chi connectivity index (χ0v) is 20.2. The largest absolute Gasteiger partial charge is 0.416 e. The summed E-state index contributed by atoms with van der Waals surface area (Å²) in [4.78, 5) is 16.1. The first-order valence-electron chi connectivity index (χ1n) is 10.7. The quantitative estimate of drug-likeness (QED) is 0.447. The fraction of sp³-hybridized carbons (Fsp3) is 0.208. The fourth-order valence-electron chi connectivity index (χ4n) is 3.82. The van der Waals surface area contributed by atoms with Gasteiger partial charge < -0.3 is 9.80 Å². The van der Waals surface area contributed by atoms with Crippen LogP contribution in [0.1, 0.15) is 15.9 Å². The monoisotopic (exact) mass is 541 g/mol. The number of hydrogen-bond acceptors (Lipinski definition) is 4. The van der Waals surface area contributed by atoms with E-state index in [0.717, 1.165) is 18.2 Å². The number of anilines is 2. The third-order valence-corrected chi connectivity index (χ3v) is 7.38. The predicted octanol–water partition coefficient (Wildman–Crippen LogP) is 5.26. The molecule has 4 rings (SSSR count). The molecule has 0 radical (unpaired) electrons. The van der Waals surface area contributed by atoms with Gasteiger partial charge in [-0.25, -0.2) is 12.8 Å². The van der Waals surface area contributed by atoms with E-state index in [4.69, 9.17) is 11.6 Å². The number of rotatable bonds is 5. The Morgan fingerprint density at radius 1 is 0.917 bits per heavy atom. The minimum absolute atomic E-state index is 0.0901. The maximum Gasteiger partial charge on any atom is 0.416 e. The van der Waals surface area contributed by atoms with Crippen LogP contribution in [0.3, 0.4) is 0 Å². The Balaban J connectivity index is 1.49. The van der Waals surface area contributed by atoms with E-state index in [-0.39, 0.29) is 21.3 Å². The van der Waals surface area contributed by atoms with Gasteiger partial charge in [0.05, 0.1) is 26.9 Å². The first-order chi connectivity index (χ1) is 17.0. The normalized spacial score (nSPS) is 14.6. The Morgan fingerprint density at radius 3 is 2.28 bits per heavy atom. The second-order valence-electron chi connectivity index (χ2n) is 8.06. The van der Waals surface area contributed by atoms with Crippen molar-refractivity contribution in [3.05, 3.63) is 88.7 Å². The van der Waals surface area contributed by atoms with Gasteiger partial charge in [0.15, 0.2) is 0 Å². The molecule has 0 bridgehead atoms. The molecule has 3 aromatic rings. The number of alkyl halides is 3. The van der Waals surface area contributed by atoms with Crippen molar-refractivity contribution < 1.29 is 30.8 Å². The number of carbonyl (C=O) groups excluding carboxylic acids is 1. The summed E-state index contributed by atoms with van der Waals surface area (Å²) >= 11 is 5.91. The van der Waals surface area contributed by atoms with Crippen molar-refractivity contribution in [3.63, 3.8) is 0 Å². The summed E-state index contributed by atoms with van der Waals surface area (Å²) in [6, 6.07) is 13.8. The number of para-hydroxylation sites is 1. The maximum atomic E-state index is 14.1. The number of nitrogens with one attached hydrogen (secondary N) is 1. The van der Waals surface area contributed by atoms with Crippen LogP contribution in [-0.4, -0.2) is 45.4 Å². The first-order valence-corrected chi connectivity index (χ1v) is 12.6. The van der Waals surface area contributed by atoms with Crippen molar-refractivity contribution in [3.8, 4) is 0 Å². The van der Waals surface area contributed by atoms with Gasteiger partial charge in [-0.05, 0) is 48.5 Å². The second-order valence-corrected chi connectivity index (χ2v) is 10.1. The van der Waals surface area contributed by atoms with Gasteiger partial charge in [0.25, 0.3) is 15.9 Å². The van der Waals surface area contributed by atoms with E-state index in [9.17, 15) is 30.8 Å². The van der Waals surface area contributed by atoms with Crippen LogP contribution in [0.25, 0.3) is 0 Å². The second kappa shape index (κ2) is 9.98. The third-order valence-electron chi connectivity index (χ3n) is 5.69. The molecule has 0 unspecified atom stereocenters. The maximum absolute atomic E-state index is 14.1. The van der Waals surface area contributed by atoms with Crippen molar-refractivity contribution in [1.29, 1.82) is 0 Å². The molecule has 1 N–H and O–H groups in total. The highest BCUT2D eigenvalue weighted by atomic mass is 35.5. The summed E-state index contributed by atoms with van der Waals surface area (Å²) in [5.74, 6) is -0.777. The summed E-state index contributed by atoms with van der Waals surface area (Å²) in [5, 5.41) is -0.216. The molecule has 0 atom stereocenters. The Bertz CT molecular complexity index is 1390. The standard InChI is InChI=1S/C24H20ClF4N3O3S/c25-19-9-8-17(24(27,28)29)15-21(19)30-36(34,35)18-5-3-4-16(14-18)23(33)32-12-10-31(11-13-32)22-7-2-1-6-20(22)26/h1-9,14-15,30H,10-13H2. The summed E-state index contributed by atoms with van der Waals surface area (Å²) in [7, 11) is -4.36. The van der Waals surface area contributed by atoms with Crippen molar-refractivity contribution in [2.24, 2.45) is 0 Å². The molecule has 190 valence electrons. The molecular formula is C24H20ClF4N3O3S. The molecule has 12 heteroatoms. The van der Waals surface area contributed by atoms with E-state index >= 15 is 0 Å². The van der Waals surface area contributed by atoms with Gasteiger partial charge in [-0.2, -0.15) is 13.2 Å². The van der Waals surface area contributed by atoms with Gasteiger partial charge in [0, 0.05) is 31.7 Å². The van der Waals surface area contributed by atoms with E-state index in [1.807, 2.05) is 4.90 Å². The Morgan fingerprint density at radius 2 is 1.61 bits per heavy atom. The average molecular weight is 542 g/mol. The van der Waals surface area contributed by atoms with Crippen LogP contribution in [0.4, 0.5) is 28.9 Å². The predicted molar refractivity (Wildman–Crippen MR) is 128 cm³/mol. The number of amides is 1. The molecule has 1 saturated heterocycles. The smallest absolute Gasteiger partial charge is 0.366 e. The minimum atomic E-state index is -4.69. The molecule has 1 heterocycles. The molecule has 1 fully saturated rings. The van der Waals surface area contributed by atoms with Crippen LogP contribution in [-0.2, 0) is 16.2 Å². The highest BCUT2D eigenvalue weighted by Crippen LogP contribution is 2.34. The molecule has 0 spiro atoms. The highest BCUT2D eigenvalue weighted by molar-refractivity contribution is 7.92. The summed E-state index contributed by atoms with van der Waals surface area (Å²) in [6.45, 7) is 1.37. The molecule has 0 aliphatic carbocycles. The summed E-state index contributed by atoms with van der Waals surface area (Å²) in [5.41, 5.74) is -0.972. The molecule has 0 saturated carbocycles. The zero-order chi connectivity index (χ0) is 26.1. The van der Waals surface area contributed by atoms with Crippen LogP contribution in [0, 0.1) is 5.82 Å². The average Bonchev–Trinajstić information content (AvgIpc) is 2.85. The molecule has 36 heavy (non-hydrogen) atoms. The van der Waals surface area contributed by atoms with Gasteiger partial charge >= 0.3 is 6.18 Å². The minimum Gasteiger partial charge on any atom is -0.366 e. The summed E-state index contributed by atoms with van der Waals surface area (Å²) in [6.07, 6.45) is -4.69. The SMILES string of the molecule is O=C(c1cccc(S(=O)(=O)Nc2cc(C(F)(F)F)ccc2Cl)c1)N1CCN(c2ccccc2F)CC1. The molecule has 1 aliphatic rings. The lowest BCUT2D eigenvalue weighted by atomic mass is 10.1. The molecule has 1 aliphatic heterocycles. The van der Waals surface area contributed by atoms with Crippen LogP contribution >= 0.6 is 11.6 Å². The van der Waals surface area contributed by atoms with E-state index in [2.05, 4.69) is 4.72 Å². The zero-order valence-electron chi connectivity index (χ0n) is 18.6. The lowest BCUT2D eigenvalue weighted by Gasteiger charge is -2.36. The molecule has 6 nitrogen and oxygen atoms in total. The topological polar surface area (TPSA) is 69.7 Å². The van der Waals surface area contributed by atoms with Crippen molar-refractivity contribution in [2.45, 2.75) is 11.1 Å². The Hall–Kier alpha value is -3.31. The van der Waals surface area contributed by atoms with Crippen LogP contribution in [0.5, 0.6) is 0 Å². The van der Waals surface area contributed by atoms with E-state index in [0.29, 0.717) is 37.9 Å². The van der Waals surface area contributed by atoms with Crippen molar-refractivity contribution in [2.75, 3.05) is 35.8 Å². The highest BCUT2D eigenvalue weighted by Gasteiger charge is 2.31. The van der Waals surface area contributed by atoms with Gasteiger partial charge in [-0.15, -0.1) is 0 Å². The lowest BCUT2D eigenvalue weighted by Crippen LogP contribution is -2.49. The van der Waals surface area contributed by atoms with Gasteiger partial charge in [-0.3, -0.25) is 9.52 Å². The Labute approximate surface area is 210 Å². The van der Waals surface area contributed by atoms with Gasteiger partial charge in [0.1, 0.15) is 5.82 Å². The van der Waals surface area contributed by atoms with Crippen molar-refractivity contribution in [1.82, 2.24) is 4.90 Å². The number of nitrogens with zero attached hydrogens (tertiary/aromatic N) is 2. The lowest BCUT2D eigenvalue weighted by molar-refractivity contribution is -0.137. The van der Waals surface area contributed by atoms with E-state index in [1.54, 1.807) is 18.2 Å². The summed E-state index contributed by atoms with van der Waals surface area (Å²) < 4.78 is 81.0. The Kier molecular flexibility index (Phi) is 7.14. The van der Waals surface area contributed by atoms with Gasteiger partial charge in [0.2, 0.25) is 0 Å². The number of benzene rings is 3. The van der Waals surface area contributed by atoms with E-state index in [1.165, 1.54) is 29.2 Å². The van der Waals surface area contributed by atoms with Crippen LogP contribution in [0.2, 0.25) is 5.02 Å². The first kappa shape index (κ1) is 25.8. The van der Waals surface area contributed by atoms with E-state index < -0.39 is 33.4 Å². The van der Waals surface area contributed by atoms with Crippen LogP contribution < -0.4 is 9.62 Å². The molecular weight excluding hydrogens is 522 g/mol. The molecule has 1 amide bonds. The van der Waals surface area contributed by atoms with Crippen molar-refractivity contribution >= 4 is 38.9 Å². The number of carbonyl (C=O) groups is 1. The molecule has 3 aromatic carbocycles. The van der Waals surface area contributed by atoms with Gasteiger partial charge in [-0.1, -0.05) is 29.8 Å². The fourth-order valence-corrected chi connectivity index (χ4v) is 5.16. The number of piperazine rings is 1. The number of halogens is 5. The van der Waals surface area contributed by atoms with Crippen LogP contribution in [0.15, 0.2) is 71.6 Å². The number of hydrogen-bond donors (Lipinski definition) is 1. The third kappa shape index (κ3) is 5.57. The molecule has 0 aromatic heterocycles.